The molecule has 2 unspecified atom stereocenters. The number of likely N-dealkylation sites (N-methyl/N-ethyl adjacent to an activating group) is 1. The van der Waals surface area contributed by atoms with Crippen LogP contribution in [0.2, 0.25) is 0 Å². The summed E-state index contributed by atoms with van der Waals surface area (Å²) in [6.07, 6.45) is 8.90. The van der Waals surface area contributed by atoms with Gasteiger partial charge in [-0.1, -0.05) is 12.7 Å². The van der Waals surface area contributed by atoms with Gasteiger partial charge in [0.1, 0.15) is 0 Å². The molecule has 0 aliphatic carbocycles. The van der Waals surface area contributed by atoms with E-state index in [-0.39, 0.29) is 6.04 Å². The van der Waals surface area contributed by atoms with Crippen LogP contribution >= 0.6 is 0 Å². The Labute approximate surface area is 109 Å². The van der Waals surface area contributed by atoms with E-state index in [1.54, 1.807) is 6.33 Å². The first kappa shape index (κ1) is 12.9. The fourth-order valence-corrected chi connectivity index (χ4v) is 2.60. The highest BCUT2D eigenvalue weighted by molar-refractivity contribution is 5.14. The minimum absolute atomic E-state index is 0.242. The van der Waals surface area contributed by atoms with Crippen molar-refractivity contribution in [2.24, 2.45) is 0 Å². The third-order valence-electron chi connectivity index (χ3n) is 3.67. The highest BCUT2D eigenvalue weighted by Crippen LogP contribution is 2.24. The first-order valence-electron chi connectivity index (χ1n) is 6.48. The molecule has 2 N–H and O–H groups in total. The SMILES string of the molecule is C=CC1CCCN1C(=C)C(Cc1cnc[nH]1)NC. The summed E-state index contributed by atoms with van der Waals surface area (Å²) < 4.78 is 0. The van der Waals surface area contributed by atoms with Gasteiger partial charge in [0, 0.05) is 36.6 Å². The third-order valence-corrected chi connectivity index (χ3v) is 3.67. The second-order valence-electron chi connectivity index (χ2n) is 4.75. The van der Waals surface area contributed by atoms with E-state index >= 15 is 0 Å². The Balaban J connectivity index is 2.03. The van der Waals surface area contributed by atoms with Gasteiger partial charge in [0.15, 0.2) is 0 Å². The largest absolute Gasteiger partial charge is 0.368 e. The molecule has 98 valence electrons. The van der Waals surface area contributed by atoms with E-state index in [2.05, 4.69) is 33.3 Å². The van der Waals surface area contributed by atoms with Crippen molar-refractivity contribution in [3.8, 4) is 0 Å². The van der Waals surface area contributed by atoms with Gasteiger partial charge in [0.05, 0.1) is 12.4 Å². The standard InChI is InChI=1S/C14H22N4/c1-4-13-6-5-7-18(13)11(2)14(15-3)8-12-9-16-10-17-12/h4,9-10,13-15H,1-2,5-8H2,3H3,(H,16,17). The van der Waals surface area contributed by atoms with Crippen molar-refractivity contribution in [3.63, 3.8) is 0 Å². The molecule has 2 atom stereocenters. The molecule has 1 saturated heterocycles. The van der Waals surface area contributed by atoms with Gasteiger partial charge >= 0.3 is 0 Å². The average Bonchev–Trinajstić information content (AvgIpc) is 3.05. The number of rotatable bonds is 6. The van der Waals surface area contributed by atoms with Crippen LogP contribution in [0.5, 0.6) is 0 Å². The molecular weight excluding hydrogens is 224 g/mol. The monoisotopic (exact) mass is 246 g/mol. The molecule has 0 spiro atoms. The Morgan fingerprint density at radius 1 is 1.78 bits per heavy atom. The maximum absolute atomic E-state index is 4.27. The Bertz CT molecular complexity index is 396. The summed E-state index contributed by atoms with van der Waals surface area (Å²) in [5.41, 5.74) is 2.28. The van der Waals surface area contributed by atoms with Gasteiger partial charge in [-0.2, -0.15) is 0 Å². The van der Waals surface area contributed by atoms with Crippen molar-refractivity contribution in [2.75, 3.05) is 13.6 Å². The predicted molar refractivity (Wildman–Crippen MR) is 74.2 cm³/mol. The lowest BCUT2D eigenvalue weighted by Gasteiger charge is -2.31. The molecule has 0 aromatic carbocycles. The number of aromatic amines is 1. The van der Waals surface area contributed by atoms with Crippen molar-refractivity contribution in [2.45, 2.75) is 31.3 Å². The van der Waals surface area contributed by atoms with Crippen LogP contribution in [0.4, 0.5) is 0 Å². The van der Waals surface area contributed by atoms with Crippen LogP contribution in [0.1, 0.15) is 18.5 Å². The van der Waals surface area contributed by atoms with Crippen LogP contribution < -0.4 is 5.32 Å². The lowest BCUT2D eigenvalue weighted by molar-refractivity contribution is 0.329. The highest BCUT2D eigenvalue weighted by atomic mass is 15.2. The molecule has 0 radical (unpaired) electrons. The number of nitrogens with zero attached hydrogens (tertiary/aromatic N) is 2. The van der Waals surface area contributed by atoms with Gasteiger partial charge < -0.3 is 15.2 Å². The smallest absolute Gasteiger partial charge is 0.0921 e. The lowest BCUT2D eigenvalue weighted by atomic mass is 10.1. The van der Waals surface area contributed by atoms with Crippen LogP contribution in [0.25, 0.3) is 0 Å². The predicted octanol–water partition coefficient (Wildman–Crippen LogP) is 1.70. The van der Waals surface area contributed by atoms with Crippen molar-refractivity contribution in [3.05, 3.63) is 43.1 Å². The zero-order chi connectivity index (χ0) is 13.0. The Morgan fingerprint density at radius 3 is 3.22 bits per heavy atom. The fraction of sp³-hybridized carbons (Fsp3) is 0.500. The molecule has 2 rings (SSSR count). The number of H-pyrrole nitrogens is 1. The Kier molecular flexibility index (Phi) is 4.20. The van der Waals surface area contributed by atoms with E-state index in [0.717, 1.165) is 24.4 Å². The summed E-state index contributed by atoms with van der Waals surface area (Å²) in [7, 11) is 1.98. The zero-order valence-electron chi connectivity index (χ0n) is 11.0. The van der Waals surface area contributed by atoms with Crippen LogP contribution in [0.3, 0.4) is 0 Å². The molecular formula is C14H22N4. The summed E-state index contributed by atoms with van der Waals surface area (Å²) in [4.78, 5) is 9.56. The first-order valence-corrected chi connectivity index (χ1v) is 6.48. The number of hydrogen-bond donors (Lipinski definition) is 2. The van der Waals surface area contributed by atoms with Crippen LogP contribution in [-0.2, 0) is 6.42 Å². The number of aromatic nitrogens is 2. The normalized spacial score (nSPS) is 20.9. The molecule has 0 bridgehead atoms. The molecule has 1 aromatic heterocycles. The van der Waals surface area contributed by atoms with Gasteiger partial charge in [-0.25, -0.2) is 4.98 Å². The van der Waals surface area contributed by atoms with E-state index in [4.69, 9.17) is 0 Å². The van der Waals surface area contributed by atoms with E-state index < -0.39 is 0 Å². The highest BCUT2D eigenvalue weighted by Gasteiger charge is 2.26. The van der Waals surface area contributed by atoms with Crippen molar-refractivity contribution in [1.82, 2.24) is 20.2 Å². The summed E-state index contributed by atoms with van der Waals surface area (Å²) in [6, 6.07) is 0.682. The van der Waals surface area contributed by atoms with Gasteiger partial charge in [-0.15, -0.1) is 6.58 Å². The van der Waals surface area contributed by atoms with E-state index in [9.17, 15) is 0 Å². The number of imidazole rings is 1. The average molecular weight is 246 g/mol. The van der Waals surface area contributed by atoms with Crippen LogP contribution in [0.15, 0.2) is 37.5 Å². The van der Waals surface area contributed by atoms with Crippen LogP contribution in [0, 0.1) is 0 Å². The first-order chi connectivity index (χ1) is 8.76. The van der Waals surface area contributed by atoms with Crippen molar-refractivity contribution in [1.29, 1.82) is 0 Å². The summed E-state index contributed by atoms with van der Waals surface area (Å²) in [6.45, 7) is 9.26. The van der Waals surface area contributed by atoms with E-state index in [0.29, 0.717) is 6.04 Å². The molecule has 1 aliphatic rings. The zero-order valence-corrected chi connectivity index (χ0v) is 11.0. The molecule has 4 nitrogen and oxygen atoms in total. The molecule has 1 aliphatic heterocycles. The number of hydrogen-bond acceptors (Lipinski definition) is 3. The van der Waals surface area contributed by atoms with Crippen molar-refractivity contribution >= 4 is 0 Å². The molecule has 2 heterocycles. The van der Waals surface area contributed by atoms with Gasteiger partial charge in [0.25, 0.3) is 0 Å². The number of nitrogens with one attached hydrogen (secondary N) is 2. The molecule has 1 aromatic rings. The summed E-state index contributed by atoms with van der Waals surface area (Å²) in [5, 5.41) is 3.34. The molecule has 1 fully saturated rings. The summed E-state index contributed by atoms with van der Waals surface area (Å²) in [5.74, 6) is 0. The third kappa shape index (κ3) is 2.64. The summed E-state index contributed by atoms with van der Waals surface area (Å²) >= 11 is 0. The second kappa shape index (κ2) is 5.87. The fourth-order valence-electron chi connectivity index (χ4n) is 2.60. The second-order valence-corrected chi connectivity index (χ2v) is 4.75. The quantitative estimate of drug-likeness (QED) is 0.751. The van der Waals surface area contributed by atoms with E-state index in [1.807, 2.05) is 19.3 Å². The molecule has 0 amide bonds. The number of likely N-dealkylation sites (tertiary alicyclic amines) is 1. The molecule has 0 saturated carbocycles. The topological polar surface area (TPSA) is 44.0 Å². The Morgan fingerprint density at radius 2 is 2.61 bits per heavy atom. The van der Waals surface area contributed by atoms with Crippen LogP contribution in [-0.4, -0.2) is 40.5 Å². The maximum atomic E-state index is 4.27. The Hall–Kier alpha value is -1.55. The molecule has 4 heteroatoms. The maximum Gasteiger partial charge on any atom is 0.0921 e. The minimum atomic E-state index is 0.242. The van der Waals surface area contributed by atoms with Crippen molar-refractivity contribution < 1.29 is 0 Å². The lowest BCUT2D eigenvalue weighted by Crippen LogP contribution is -2.39. The van der Waals surface area contributed by atoms with Gasteiger partial charge in [-0.05, 0) is 19.9 Å². The molecule has 18 heavy (non-hydrogen) atoms. The minimum Gasteiger partial charge on any atom is -0.368 e. The van der Waals surface area contributed by atoms with Gasteiger partial charge in [0.2, 0.25) is 0 Å². The van der Waals surface area contributed by atoms with E-state index in [1.165, 1.54) is 12.8 Å². The van der Waals surface area contributed by atoms with Gasteiger partial charge in [-0.3, -0.25) is 0 Å².